The molecule has 0 aromatic heterocycles. The van der Waals surface area contributed by atoms with Crippen LogP contribution in [0.5, 0.6) is 0 Å². The fraction of sp³-hybridized carbons (Fsp3) is 0.243. The molecule has 0 bridgehead atoms. The highest BCUT2D eigenvalue weighted by Gasteiger charge is 2.52. The quantitative estimate of drug-likeness (QED) is 0.0600. The van der Waals surface area contributed by atoms with E-state index < -0.39 is 27.7 Å². The number of hydrogen-bond donors (Lipinski definition) is 0. The van der Waals surface area contributed by atoms with Crippen LogP contribution in [0.15, 0.2) is 137 Å². The number of rotatable bonds is 16. The fourth-order valence-corrected chi connectivity index (χ4v) is 12.2. The second-order valence-electron chi connectivity index (χ2n) is 11.2. The molecule has 0 spiro atoms. The van der Waals surface area contributed by atoms with Gasteiger partial charge in [0.1, 0.15) is 15.9 Å². The maximum absolute atomic E-state index is 14.2. The molecule has 9 heteroatoms. The Hall–Kier alpha value is -3.39. The SMILES string of the molecule is CCCCCCCCCOS(=O)(=O)c1ccc2ccc(S(=O)(=O)O[P+](c3ccccc3)(c3ccccc3)c3ccccc3)cc2c1. The van der Waals surface area contributed by atoms with Gasteiger partial charge in [-0.3, -0.25) is 4.18 Å². The van der Waals surface area contributed by atoms with E-state index >= 15 is 0 Å². The molecule has 0 aliphatic heterocycles. The predicted octanol–water partition coefficient (Wildman–Crippen LogP) is 7.91. The summed E-state index contributed by atoms with van der Waals surface area (Å²) >= 11 is 0. The molecule has 6 nitrogen and oxygen atoms in total. The summed E-state index contributed by atoms with van der Waals surface area (Å²) in [6.45, 7) is 2.29. The molecule has 5 aromatic carbocycles. The van der Waals surface area contributed by atoms with Crippen molar-refractivity contribution in [1.29, 1.82) is 0 Å². The van der Waals surface area contributed by atoms with Crippen molar-refractivity contribution in [2.24, 2.45) is 0 Å². The number of hydrogen-bond acceptors (Lipinski definition) is 6. The average molecular weight is 676 g/mol. The van der Waals surface area contributed by atoms with Gasteiger partial charge >= 0.3 is 10.1 Å². The summed E-state index contributed by atoms with van der Waals surface area (Å²) in [5.41, 5.74) is 0. The standard InChI is InChI=1S/C37H40O6PS2/c1-2-3-4-5-6-7-17-28-42-45(38,39)36-26-24-31-25-27-37(30-32(31)29-36)46(40,41)43-44(33-18-11-8-12-19-33,34-20-13-9-14-21-34)35-22-15-10-16-23-35/h8-16,18-27,29-30H,2-7,17,28H2,1H3/q+1. The van der Waals surface area contributed by atoms with Crippen molar-refractivity contribution in [2.45, 2.75) is 61.7 Å². The first-order valence-electron chi connectivity index (χ1n) is 15.7. The zero-order chi connectivity index (χ0) is 32.5. The highest BCUT2D eigenvalue weighted by atomic mass is 32.2. The molecule has 0 saturated carbocycles. The van der Waals surface area contributed by atoms with Crippen LogP contribution in [0, 0.1) is 0 Å². The van der Waals surface area contributed by atoms with E-state index in [9.17, 15) is 16.8 Å². The van der Waals surface area contributed by atoms with Crippen molar-refractivity contribution in [3.63, 3.8) is 0 Å². The Bertz CT molecular complexity index is 1840. The lowest BCUT2D eigenvalue weighted by atomic mass is 10.1. The summed E-state index contributed by atoms with van der Waals surface area (Å²) in [7, 11) is -11.5. The largest absolute Gasteiger partial charge is 0.329 e. The molecule has 0 atom stereocenters. The maximum atomic E-state index is 14.2. The first-order valence-corrected chi connectivity index (χ1v) is 20.2. The van der Waals surface area contributed by atoms with E-state index in [-0.39, 0.29) is 16.4 Å². The van der Waals surface area contributed by atoms with Gasteiger partial charge in [0.25, 0.3) is 17.6 Å². The lowest BCUT2D eigenvalue weighted by molar-refractivity contribution is 0.306. The second kappa shape index (κ2) is 15.5. The van der Waals surface area contributed by atoms with E-state index in [0.717, 1.165) is 35.2 Å². The Morgan fingerprint density at radius 3 is 1.41 bits per heavy atom. The molecule has 0 aliphatic carbocycles. The molecule has 0 aliphatic rings. The third-order valence-electron chi connectivity index (χ3n) is 7.92. The van der Waals surface area contributed by atoms with Crippen LogP contribution in [0.3, 0.4) is 0 Å². The highest BCUT2D eigenvalue weighted by molar-refractivity contribution is 8.01. The predicted molar refractivity (Wildman–Crippen MR) is 188 cm³/mol. The Kier molecular flexibility index (Phi) is 11.4. The minimum Gasteiger partial charge on any atom is -0.266 e. The molecule has 0 unspecified atom stereocenters. The van der Waals surface area contributed by atoms with Gasteiger partial charge in [-0.15, -0.1) is 0 Å². The number of fused-ring (bicyclic) bond motifs is 1. The molecule has 0 amide bonds. The normalized spacial score (nSPS) is 12.4. The van der Waals surface area contributed by atoms with Crippen LogP contribution in [-0.2, 0) is 28.4 Å². The number of unbranched alkanes of at least 4 members (excludes halogenated alkanes) is 6. The second-order valence-corrected chi connectivity index (χ2v) is 17.6. The fourth-order valence-electron chi connectivity index (χ4n) is 5.49. The Balaban J connectivity index is 1.46. The van der Waals surface area contributed by atoms with E-state index in [1.807, 2.05) is 91.0 Å². The molecule has 0 saturated heterocycles. The van der Waals surface area contributed by atoms with E-state index in [1.165, 1.54) is 43.5 Å². The topological polar surface area (TPSA) is 86.7 Å². The van der Waals surface area contributed by atoms with Crippen molar-refractivity contribution in [3.05, 3.63) is 127 Å². The highest BCUT2D eigenvalue weighted by Crippen LogP contribution is 2.58. The lowest BCUT2D eigenvalue weighted by Crippen LogP contribution is -2.34. The first kappa shape index (κ1) is 34.0. The lowest BCUT2D eigenvalue weighted by Gasteiger charge is -2.24. The van der Waals surface area contributed by atoms with Crippen LogP contribution < -0.4 is 15.9 Å². The molecule has 5 rings (SSSR count). The molecule has 0 N–H and O–H groups in total. The average Bonchev–Trinajstić information content (AvgIpc) is 3.09. The minimum atomic E-state index is -4.36. The van der Waals surface area contributed by atoms with Gasteiger partial charge in [-0.1, -0.05) is 116 Å². The van der Waals surface area contributed by atoms with Crippen LogP contribution in [0.1, 0.15) is 51.9 Å². The van der Waals surface area contributed by atoms with E-state index in [2.05, 4.69) is 6.92 Å². The summed E-state index contributed by atoms with van der Waals surface area (Å²) in [6.07, 6.45) is 7.38. The van der Waals surface area contributed by atoms with Gasteiger partial charge in [0.2, 0.25) is 0 Å². The van der Waals surface area contributed by atoms with Crippen LogP contribution in [0.2, 0.25) is 0 Å². The Morgan fingerprint density at radius 2 is 0.935 bits per heavy atom. The van der Waals surface area contributed by atoms with Gasteiger partial charge in [0.15, 0.2) is 0 Å². The summed E-state index contributed by atoms with van der Waals surface area (Å²) in [5, 5.41) is 3.41. The summed E-state index contributed by atoms with van der Waals surface area (Å²) in [6, 6.07) is 37.5. The van der Waals surface area contributed by atoms with Gasteiger partial charge in [0.05, 0.1) is 16.4 Å². The molecule has 0 heterocycles. The third kappa shape index (κ3) is 7.93. The van der Waals surface area contributed by atoms with E-state index in [0.29, 0.717) is 17.2 Å². The Labute approximate surface area is 274 Å². The van der Waals surface area contributed by atoms with Crippen molar-refractivity contribution in [2.75, 3.05) is 6.61 Å². The van der Waals surface area contributed by atoms with Crippen molar-refractivity contribution in [1.82, 2.24) is 0 Å². The van der Waals surface area contributed by atoms with Gasteiger partial charge in [-0.05, 0) is 77.9 Å². The molecule has 5 aromatic rings. The Morgan fingerprint density at radius 1 is 0.500 bits per heavy atom. The van der Waals surface area contributed by atoms with Crippen LogP contribution in [0.4, 0.5) is 0 Å². The van der Waals surface area contributed by atoms with Gasteiger partial charge in [-0.25, -0.2) is 0 Å². The molecule has 46 heavy (non-hydrogen) atoms. The smallest absolute Gasteiger partial charge is 0.266 e. The zero-order valence-corrected chi connectivity index (χ0v) is 28.5. The van der Waals surface area contributed by atoms with Crippen molar-refractivity contribution in [3.8, 4) is 0 Å². The van der Waals surface area contributed by atoms with Crippen LogP contribution in [-0.4, -0.2) is 23.4 Å². The third-order valence-corrected chi connectivity index (χ3v) is 14.8. The van der Waals surface area contributed by atoms with Crippen molar-refractivity contribution < 1.29 is 25.0 Å². The summed E-state index contributed by atoms with van der Waals surface area (Å²) in [4.78, 5) is -0.0798. The number of benzene rings is 5. The summed E-state index contributed by atoms with van der Waals surface area (Å²) in [5.74, 6) is 0. The molecule has 0 fully saturated rings. The zero-order valence-electron chi connectivity index (χ0n) is 26.0. The van der Waals surface area contributed by atoms with Gasteiger partial charge in [0, 0.05) is 0 Å². The molecular weight excluding hydrogens is 636 g/mol. The molecule has 240 valence electrons. The molecule has 0 radical (unpaired) electrons. The van der Waals surface area contributed by atoms with Gasteiger partial charge in [-0.2, -0.15) is 16.8 Å². The minimum absolute atomic E-state index is 0.0156. The maximum Gasteiger partial charge on any atom is 0.329 e. The van der Waals surface area contributed by atoms with Crippen LogP contribution in [0.25, 0.3) is 10.8 Å². The summed E-state index contributed by atoms with van der Waals surface area (Å²) < 4.78 is 66.3. The van der Waals surface area contributed by atoms with Crippen molar-refractivity contribution >= 4 is 54.4 Å². The van der Waals surface area contributed by atoms with Gasteiger partial charge < -0.3 is 0 Å². The van der Waals surface area contributed by atoms with E-state index in [1.54, 1.807) is 12.1 Å². The van der Waals surface area contributed by atoms with Crippen LogP contribution >= 0.6 is 7.49 Å². The first-order chi connectivity index (χ1) is 22.3. The van der Waals surface area contributed by atoms with E-state index in [4.69, 9.17) is 8.15 Å². The monoisotopic (exact) mass is 675 g/mol. The molecular formula is C37H40O6PS2+.